The standard InChI is InChI=1S/C27H29ClN2O3/c1-20(16-21-8-5-4-6-9-21)19-30(27(31)29-24-11-7-10-23(28)18-24)15-14-22-12-13-25(32-2)26(17-22)33-3/h4-13,16-18H,14-15,19H2,1-3H3,(H,29,31). The summed E-state index contributed by atoms with van der Waals surface area (Å²) in [6, 6.07) is 22.9. The van der Waals surface area contributed by atoms with Gasteiger partial charge in [-0.2, -0.15) is 0 Å². The summed E-state index contributed by atoms with van der Waals surface area (Å²) >= 11 is 6.08. The highest BCUT2D eigenvalue weighted by Gasteiger charge is 2.15. The van der Waals surface area contributed by atoms with Crippen molar-refractivity contribution < 1.29 is 14.3 Å². The van der Waals surface area contributed by atoms with Crippen LogP contribution in [-0.4, -0.2) is 38.2 Å². The number of ether oxygens (including phenoxy) is 2. The lowest BCUT2D eigenvalue weighted by Crippen LogP contribution is -2.37. The molecule has 0 saturated heterocycles. The fourth-order valence-electron chi connectivity index (χ4n) is 3.50. The predicted molar refractivity (Wildman–Crippen MR) is 135 cm³/mol. The van der Waals surface area contributed by atoms with Gasteiger partial charge in [-0.15, -0.1) is 0 Å². The first-order valence-corrected chi connectivity index (χ1v) is 11.1. The molecule has 33 heavy (non-hydrogen) atoms. The number of halogens is 1. The molecule has 0 unspecified atom stereocenters. The molecule has 0 radical (unpaired) electrons. The van der Waals surface area contributed by atoms with Gasteiger partial charge in [0.25, 0.3) is 0 Å². The molecule has 0 bridgehead atoms. The quantitative estimate of drug-likeness (QED) is 0.391. The minimum absolute atomic E-state index is 0.182. The van der Waals surface area contributed by atoms with Gasteiger partial charge in [0.1, 0.15) is 0 Å². The molecule has 0 aromatic heterocycles. The van der Waals surface area contributed by atoms with Crippen LogP contribution in [0.2, 0.25) is 5.02 Å². The van der Waals surface area contributed by atoms with Crippen molar-refractivity contribution >= 4 is 29.4 Å². The smallest absolute Gasteiger partial charge is 0.322 e. The van der Waals surface area contributed by atoms with Crippen LogP contribution in [0.1, 0.15) is 18.1 Å². The lowest BCUT2D eigenvalue weighted by molar-refractivity contribution is 0.216. The Morgan fingerprint density at radius 3 is 2.42 bits per heavy atom. The number of carbonyl (C=O) groups is 1. The van der Waals surface area contributed by atoms with Crippen molar-refractivity contribution in [3.05, 3.63) is 94.5 Å². The van der Waals surface area contributed by atoms with E-state index in [9.17, 15) is 4.79 Å². The van der Waals surface area contributed by atoms with Crippen LogP contribution in [0.25, 0.3) is 6.08 Å². The second-order valence-electron chi connectivity index (χ2n) is 7.70. The third-order valence-corrected chi connectivity index (χ3v) is 5.37. The van der Waals surface area contributed by atoms with Gasteiger partial charge in [-0.05, 0) is 54.8 Å². The number of hydrogen-bond donors (Lipinski definition) is 1. The summed E-state index contributed by atoms with van der Waals surface area (Å²) in [4.78, 5) is 15.0. The summed E-state index contributed by atoms with van der Waals surface area (Å²) in [7, 11) is 3.23. The van der Waals surface area contributed by atoms with Crippen molar-refractivity contribution in [3.8, 4) is 11.5 Å². The molecule has 0 heterocycles. The van der Waals surface area contributed by atoms with Gasteiger partial charge in [0.2, 0.25) is 0 Å². The van der Waals surface area contributed by atoms with Crippen molar-refractivity contribution in [2.45, 2.75) is 13.3 Å². The number of methoxy groups -OCH3 is 2. The van der Waals surface area contributed by atoms with Gasteiger partial charge in [0, 0.05) is 23.8 Å². The Balaban J connectivity index is 1.76. The summed E-state index contributed by atoms with van der Waals surface area (Å²) in [5.74, 6) is 1.35. The van der Waals surface area contributed by atoms with Crippen LogP contribution in [0.5, 0.6) is 11.5 Å². The van der Waals surface area contributed by atoms with Gasteiger partial charge in [-0.25, -0.2) is 4.79 Å². The van der Waals surface area contributed by atoms with Gasteiger partial charge in [-0.3, -0.25) is 0 Å². The van der Waals surface area contributed by atoms with Crippen LogP contribution in [-0.2, 0) is 6.42 Å². The SMILES string of the molecule is COc1ccc(CCN(CC(C)=Cc2ccccc2)C(=O)Nc2cccc(Cl)c2)cc1OC. The third kappa shape index (κ3) is 7.29. The van der Waals surface area contributed by atoms with Gasteiger partial charge in [-0.1, -0.05) is 65.7 Å². The van der Waals surface area contributed by atoms with E-state index in [1.807, 2.05) is 67.6 Å². The number of nitrogens with one attached hydrogen (secondary N) is 1. The molecular weight excluding hydrogens is 436 g/mol. The number of amides is 2. The summed E-state index contributed by atoms with van der Waals surface area (Å²) < 4.78 is 10.7. The van der Waals surface area contributed by atoms with Gasteiger partial charge in [0.15, 0.2) is 11.5 Å². The molecule has 0 spiro atoms. The number of rotatable bonds is 9. The van der Waals surface area contributed by atoms with Gasteiger partial charge in [0.05, 0.1) is 14.2 Å². The second-order valence-corrected chi connectivity index (χ2v) is 8.14. The Labute approximate surface area is 200 Å². The van der Waals surface area contributed by atoms with Crippen molar-refractivity contribution in [1.82, 2.24) is 4.90 Å². The van der Waals surface area contributed by atoms with Gasteiger partial charge < -0.3 is 19.7 Å². The maximum atomic E-state index is 13.2. The Hall–Kier alpha value is -3.44. The number of benzene rings is 3. The molecule has 0 aliphatic carbocycles. The Morgan fingerprint density at radius 1 is 0.970 bits per heavy atom. The number of hydrogen-bond acceptors (Lipinski definition) is 3. The van der Waals surface area contributed by atoms with Crippen LogP contribution in [0.3, 0.4) is 0 Å². The molecular formula is C27H29ClN2O3. The number of carbonyl (C=O) groups excluding carboxylic acids is 1. The summed E-state index contributed by atoms with van der Waals surface area (Å²) in [5.41, 5.74) is 3.89. The molecule has 0 atom stereocenters. The topological polar surface area (TPSA) is 50.8 Å². The molecule has 0 saturated carbocycles. The van der Waals surface area contributed by atoms with Crippen molar-refractivity contribution in [3.63, 3.8) is 0 Å². The van der Waals surface area contributed by atoms with Crippen molar-refractivity contribution in [2.75, 3.05) is 32.6 Å². The zero-order valence-electron chi connectivity index (χ0n) is 19.2. The molecule has 3 aromatic carbocycles. The Morgan fingerprint density at radius 2 is 1.73 bits per heavy atom. The minimum atomic E-state index is -0.182. The predicted octanol–water partition coefficient (Wildman–Crippen LogP) is 6.54. The van der Waals surface area contributed by atoms with E-state index >= 15 is 0 Å². The average molecular weight is 465 g/mol. The van der Waals surface area contributed by atoms with E-state index < -0.39 is 0 Å². The van der Waals surface area contributed by atoms with Crippen molar-refractivity contribution in [2.24, 2.45) is 0 Å². The monoisotopic (exact) mass is 464 g/mol. The summed E-state index contributed by atoms with van der Waals surface area (Å²) in [6.07, 6.45) is 2.76. The molecule has 0 fully saturated rings. The highest BCUT2D eigenvalue weighted by atomic mass is 35.5. The number of nitrogens with zero attached hydrogens (tertiary/aromatic N) is 1. The first kappa shape index (κ1) is 24.2. The summed E-state index contributed by atoms with van der Waals surface area (Å²) in [6.45, 7) is 3.06. The molecule has 3 rings (SSSR count). The molecule has 5 nitrogen and oxygen atoms in total. The van der Waals surface area contributed by atoms with E-state index in [4.69, 9.17) is 21.1 Å². The lowest BCUT2D eigenvalue weighted by atomic mass is 10.1. The zero-order chi connectivity index (χ0) is 23.6. The Kier molecular flexibility index (Phi) is 8.79. The first-order chi connectivity index (χ1) is 16.0. The largest absolute Gasteiger partial charge is 0.493 e. The molecule has 0 aliphatic heterocycles. The van der Waals surface area contributed by atoms with Crippen LogP contribution in [0, 0.1) is 0 Å². The summed E-state index contributed by atoms with van der Waals surface area (Å²) in [5, 5.41) is 3.53. The highest BCUT2D eigenvalue weighted by molar-refractivity contribution is 6.30. The van der Waals surface area contributed by atoms with E-state index in [1.165, 1.54) is 0 Å². The fourth-order valence-corrected chi connectivity index (χ4v) is 3.69. The second kappa shape index (κ2) is 12.0. The maximum absolute atomic E-state index is 13.2. The van der Waals surface area contributed by atoms with Crippen LogP contribution in [0.15, 0.2) is 78.4 Å². The first-order valence-electron chi connectivity index (χ1n) is 10.7. The number of anilines is 1. The number of urea groups is 1. The van der Waals surface area contributed by atoms with Crippen molar-refractivity contribution in [1.29, 1.82) is 0 Å². The van der Waals surface area contributed by atoms with E-state index in [1.54, 1.807) is 31.3 Å². The molecule has 2 amide bonds. The molecule has 172 valence electrons. The zero-order valence-corrected chi connectivity index (χ0v) is 19.9. The normalized spacial score (nSPS) is 11.1. The van der Waals surface area contributed by atoms with Crippen LogP contribution in [0.4, 0.5) is 10.5 Å². The third-order valence-electron chi connectivity index (χ3n) is 5.13. The van der Waals surface area contributed by atoms with E-state index in [2.05, 4.69) is 11.4 Å². The molecule has 6 heteroatoms. The lowest BCUT2D eigenvalue weighted by Gasteiger charge is -2.24. The van der Waals surface area contributed by atoms with E-state index in [0.717, 1.165) is 16.7 Å². The molecule has 1 N–H and O–H groups in total. The van der Waals surface area contributed by atoms with Crippen LogP contribution >= 0.6 is 11.6 Å². The van der Waals surface area contributed by atoms with Gasteiger partial charge >= 0.3 is 6.03 Å². The molecule has 0 aliphatic rings. The maximum Gasteiger partial charge on any atom is 0.322 e. The average Bonchev–Trinajstić information content (AvgIpc) is 2.82. The Bertz CT molecular complexity index is 1100. The minimum Gasteiger partial charge on any atom is -0.493 e. The highest BCUT2D eigenvalue weighted by Crippen LogP contribution is 2.28. The van der Waals surface area contributed by atoms with E-state index in [-0.39, 0.29) is 6.03 Å². The fraction of sp³-hybridized carbons (Fsp3) is 0.222. The van der Waals surface area contributed by atoms with Crippen LogP contribution < -0.4 is 14.8 Å². The molecule has 3 aromatic rings. The van der Waals surface area contributed by atoms with E-state index in [0.29, 0.717) is 41.7 Å².